The number of amides is 1. The SMILES string of the molecule is CCCC(C)c1c(-c2ccccc2)nc2ccccc2c1N=C(N)NC=O. The zero-order valence-corrected chi connectivity index (χ0v) is 15.6. The van der Waals surface area contributed by atoms with Crippen molar-refractivity contribution in [1.82, 2.24) is 10.3 Å². The van der Waals surface area contributed by atoms with Gasteiger partial charge in [0.2, 0.25) is 6.41 Å². The lowest BCUT2D eigenvalue weighted by atomic mass is 9.89. The Labute approximate surface area is 159 Å². The van der Waals surface area contributed by atoms with Crippen LogP contribution in [0.3, 0.4) is 0 Å². The zero-order chi connectivity index (χ0) is 19.2. The number of carbonyl (C=O) groups is 1. The number of aliphatic imine (C=N–C) groups is 1. The molecule has 1 aromatic heterocycles. The summed E-state index contributed by atoms with van der Waals surface area (Å²) in [7, 11) is 0. The van der Waals surface area contributed by atoms with Gasteiger partial charge < -0.3 is 5.73 Å². The fraction of sp³-hybridized carbons (Fsp3) is 0.227. The smallest absolute Gasteiger partial charge is 0.213 e. The fourth-order valence-corrected chi connectivity index (χ4v) is 3.40. The molecular formula is C22H24N4O. The van der Waals surface area contributed by atoms with Crippen LogP contribution in [-0.2, 0) is 4.79 Å². The van der Waals surface area contributed by atoms with E-state index in [2.05, 4.69) is 36.3 Å². The largest absolute Gasteiger partial charge is 0.369 e. The molecule has 3 aromatic rings. The molecule has 0 aliphatic heterocycles. The van der Waals surface area contributed by atoms with Gasteiger partial charge in [-0.15, -0.1) is 0 Å². The Morgan fingerprint density at radius 1 is 1.19 bits per heavy atom. The molecule has 1 unspecified atom stereocenters. The molecule has 0 aliphatic rings. The lowest BCUT2D eigenvalue weighted by Gasteiger charge is -2.20. The first-order valence-electron chi connectivity index (χ1n) is 9.18. The molecule has 0 radical (unpaired) electrons. The highest BCUT2D eigenvalue weighted by Crippen LogP contribution is 2.41. The molecular weight excluding hydrogens is 336 g/mol. The van der Waals surface area contributed by atoms with Gasteiger partial charge in [0.15, 0.2) is 5.96 Å². The molecule has 27 heavy (non-hydrogen) atoms. The second kappa shape index (κ2) is 8.45. The molecule has 0 saturated heterocycles. The van der Waals surface area contributed by atoms with Crippen LogP contribution in [0.25, 0.3) is 22.2 Å². The van der Waals surface area contributed by atoms with Crippen LogP contribution < -0.4 is 11.1 Å². The first-order valence-corrected chi connectivity index (χ1v) is 9.18. The van der Waals surface area contributed by atoms with Gasteiger partial charge in [-0.25, -0.2) is 9.98 Å². The number of nitrogens with zero attached hydrogens (tertiary/aromatic N) is 2. The highest BCUT2D eigenvalue weighted by molar-refractivity contribution is 5.99. The number of nitrogens with two attached hydrogens (primary N) is 1. The number of aromatic nitrogens is 1. The Balaban J connectivity index is 2.38. The van der Waals surface area contributed by atoms with Crippen LogP contribution >= 0.6 is 0 Å². The predicted molar refractivity (Wildman–Crippen MR) is 111 cm³/mol. The van der Waals surface area contributed by atoms with Crippen molar-refractivity contribution >= 4 is 29.0 Å². The number of fused-ring (bicyclic) bond motifs is 1. The lowest BCUT2D eigenvalue weighted by molar-refractivity contribution is -0.108. The Morgan fingerprint density at radius 2 is 1.89 bits per heavy atom. The van der Waals surface area contributed by atoms with Crippen molar-refractivity contribution in [1.29, 1.82) is 0 Å². The van der Waals surface area contributed by atoms with Crippen molar-refractivity contribution in [3.05, 3.63) is 60.2 Å². The van der Waals surface area contributed by atoms with E-state index in [0.717, 1.165) is 46.3 Å². The lowest BCUT2D eigenvalue weighted by Crippen LogP contribution is -2.29. The maximum atomic E-state index is 10.8. The third-order valence-corrected chi connectivity index (χ3v) is 4.60. The second-order valence-corrected chi connectivity index (χ2v) is 6.55. The monoisotopic (exact) mass is 360 g/mol. The highest BCUT2D eigenvalue weighted by atomic mass is 16.1. The Morgan fingerprint density at radius 3 is 2.59 bits per heavy atom. The minimum absolute atomic E-state index is 0.0744. The van der Waals surface area contributed by atoms with Crippen molar-refractivity contribution in [2.24, 2.45) is 10.7 Å². The normalized spacial score (nSPS) is 12.7. The van der Waals surface area contributed by atoms with Crippen LogP contribution in [0.4, 0.5) is 5.69 Å². The molecule has 0 aliphatic carbocycles. The molecule has 1 amide bonds. The molecule has 0 saturated carbocycles. The van der Waals surface area contributed by atoms with Crippen molar-refractivity contribution in [2.75, 3.05) is 0 Å². The Hall–Kier alpha value is -3.21. The van der Waals surface area contributed by atoms with Crippen LogP contribution in [0.1, 0.15) is 38.2 Å². The topological polar surface area (TPSA) is 80.4 Å². The van der Waals surface area contributed by atoms with Crippen LogP contribution in [0.5, 0.6) is 0 Å². The van der Waals surface area contributed by atoms with E-state index in [1.165, 1.54) is 0 Å². The van der Waals surface area contributed by atoms with E-state index in [1.54, 1.807) is 0 Å². The van der Waals surface area contributed by atoms with E-state index in [4.69, 9.17) is 10.7 Å². The van der Waals surface area contributed by atoms with E-state index in [-0.39, 0.29) is 11.9 Å². The summed E-state index contributed by atoms with van der Waals surface area (Å²) >= 11 is 0. The van der Waals surface area contributed by atoms with Crippen LogP contribution in [0.2, 0.25) is 0 Å². The number of pyridine rings is 1. The summed E-state index contributed by atoms with van der Waals surface area (Å²) in [6, 6.07) is 18.0. The molecule has 5 nitrogen and oxygen atoms in total. The molecule has 138 valence electrons. The molecule has 1 atom stereocenters. The molecule has 2 aromatic carbocycles. The first-order chi connectivity index (χ1) is 13.2. The number of hydrogen-bond acceptors (Lipinski definition) is 3. The van der Waals surface area contributed by atoms with Crippen LogP contribution in [0, 0.1) is 0 Å². The molecule has 0 fully saturated rings. The van der Waals surface area contributed by atoms with E-state index in [9.17, 15) is 4.79 Å². The number of hydrogen-bond donors (Lipinski definition) is 2. The number of benzene rings is 2. The van der Waals surface area contributed by atoms with Crippen molar-refractivity contribution in [3.8, 4) is 11.3 Å². The summed E-state index contributed by atoms with van der Waals surface area (Å²) in [5.74, 6) is 0.315. The molecule has 0 bridgehead atoms. The number of carbonyl (C=O) groups excluding carboxylic acids is 1. The maximum absolute atomic E-state index is 10.8. The van der Waals surface area contributed by atoms with Gasteiger partial charge in [-0.2, -0.15) is 0 Å². The van der Waals surface area contributed by atoms with E-state index in [1.807, 2.05) is 42.5 Å². The minimum Gasteiger partial charge on any atom is -0.369 e. The van der Waals surface area contributed by atoms with Gasteiger partial charge in [0.25, 0.3) is 0 Å². The van der Waals surface area contributed by atoms with Crippen LogP contribution in [0.15, 0.2) is 59.6 Å². The summed E-state index contributed by atoms with van der Waals surface area (Å²) in [5, 5.41) is 3.36. The van der Waals surface area contributed by atoms with E-state index < -0.39 is 0 Å². The molecule has 0 spiro atoms. The Kier molecular flexibility index (Phi) is 5.81. The average molecular weight is 360 g/mol. The predicted octanol–water partition coefficient (Wildman–Crippen LogP) is 4.50. The van der Waals surface area contributed by atoms with Crippen LogP contribution in [-0.4, -0.2) is 17.4 Å². The van der Waals surface area contributed by atoms with Crippen molar-refractivity contribution < 1.29 is 4.79 Å². The third kappa shape index (κ3) is 3.97. The average Bonchev–Trinajstić information content (AvgIpc) is 2.68. The third-order valence-electron chi connectivity index (χ3n) is 4.60. The molecule has 1 heterocycles. The van der Waals surface area contributed by atoms with E-state index >= 15 is 0 Å². The summed E-state index contributed by atoms with van der Waals surface area (Å²) < 4.78 is 0. The maximum Gasteiger partial charge on any atom is 0.213 e. The molecule has 3 N–H and O–H groups in total. The summed E-state index contributed by atoms with van der Waals surface area (Å²) in [6.45, 7) is 4.35. The summed E-state index contributed by atoms with van der Waals surface area (Å²) in [6.07, 6.45) is 2.59. The van der Waals surface area contributed by atoms with Gasteiger partial charge in [0.05, 0.1) is 16.9 Å². The van der Waals surface area contributed by atoms with Gasteiger partial charge in [-0.1, -0.05) is 68.8 Å². The quantitative estimate of drug-likeness (QED) is 0.386. The Bertz CT molecular complexity index is 967. The summed E-state index contributed by atoms with van der Waals surface area (Å²) in [5.41, 5.74) is 10.5. The van der Waals surface area contributed by atoms with Crippen molar-refractivity contribution in [2.45, 2.75) is 32.6 Å². The van der Waals surface area contributed by atoms with E-state index in [0.29, 0.717) is 6.41 Å². The van der Waals surface area contributed by atoms with Gasteiger partial charge >= 0.3 is 0 Å². The minimum atomic E-state index is 0.0744. The van der Waals surface area contributed by atoms with Gasteiger partial charge in [0, 0.05) is 16.5 Å². The fourth-order valence-electron chi connectivity index (χ4n) is 3.40. The first kappa shape index (κ1) is 18.6. The standard InChI is InChI=1S/C22H24N4O/c1-3-9-15(2)19-20(16-10-5-4-6-11-16)25-18-13-8-7-12-17(18)21(19)26-22(23)24-14-27/h4-8,10-15H,3,9H2,1-2H3,(H3,23,24,25,26,27). The molecule has 5 heteroatoms. The molecule has 3 rings (SSSR count). The van der Waals surface area contributed by atoms with Gasteiger partial charge in [0.1, 0.15) is 0 Å². The number of nitrogens with one attached hydrogen (secondary N) is 1. The van der Waals surface area contributed by atoms with Crippen molar-refractivity contribution in [3.63, 3.8) is 0 Å². The number of guanidine groups is 1. The van der Waals surface area contributed by atoms with Gasteiger partial charge in [-0.3, -0.25) is 10.1 Å². The zero-order valence-electron chi connectivity index (χ0n) is 15.6. The number of para-hydroxylation sites is 1. The second-order valence-electron chi connectivity index (χ2n) is 6.55. The highest BCUT2D eigenvalue weighted by Gasteiger charge is 2.21. The van der Waals surface area contributed by atoms with Gasteiger partial charge in [-0.05, 0) is 18.4 Å². The number of rotatable bonds is 6. The summed E-state index contributed by atoms with van der Waals surface area (Å²) in [4.78, 5) is 20.3.